The third-order valence-corrected chi connectivity index (χ3v) is 5.09. The largest absolute Gasteiger partial charge is 0.365 e. The molecule has 0 radical (unpaired) electrons. The molecule has 1 fully saturated rings. The van der Waals surface area contributed by atoms with Crippen LogP contribution in [0.2, 0.25) is 0 Å². The molecule has 8 N–H and O–H groups in total. The highest BCUT2D eigenvalue weighted by Gasteiger charge is 2.21. The summed E-state index contributed by atoms with van der Waals surface area (Å²) in [5, 5.41) is 18.9. The quantitative estimate of drug-likeness (QED) is 0.134. The highest BCUT2D eigenvalue weighted by Crippen LogP contribution is 2.25. The lowest BCUT2D eigenvalue weighted by atomic mass is 10.1. The molecule has 1 amide bonds. The molecule has 1 aromatic carbocycles. The Balaban J connectivity index is 1.86. The fraction of sp³-hybridized carbons (Fsp3) is 0.381. The molecule has 1 aromatic heterocycles. The maximum Gasteiger partial charge on any atom is 0.254 e. The molecule has 1 saturated heterocycles. The number of amidine groups is 1. The SMILES string of the molecule is CCNNNC(=N)c1ccc(Nc2nc(N3CCCCCC3)nc(C=N)c2C(N)=O)cc1. The molecular formula is C21H30N10O. The Bertz CT molecular complexity index is 952. The number of benzene rings is 1. The van der Waals surface area contributed by atoms with E-state index in [-0.39, 0.29) is 22.9 Å². The van der Waals surface area contributed by atoms with E-state index in [2.05, 4.69) is 36.6 Å². The average molecular weight is 439 g/mol. The number of hydrogen-bond donors (Lipinski definition) is 7. The Hall–Kier alpha value is -3.57. The van der Waals surface area contributed by atoms with E-state index >= 15 is 0 Å². The number of nitrogens with two attached hydrogens (primary N) is 1. The van der Waals surface area contributed by atoms with Gasteiger partial charge in [-0.1, -0.05) is 19.8 Å². The monoisotopic (exact) mass is 438 g/mol. The van der Waals surface area contributed by atoms with Crippen molar-refractivity contribution in [2.24, 2.45) is 5.73 Å². The van der Waals surface area contributed by atoms with Gasteiger partial charge < -0.3 is 21.4 Å². The summed E-state index contributed by atoms with van der Waals surface area (Å²) >= 11 is 0. The smallest absolute Gasteiger partial charge is 0.254 e. The topological polar surface area (TPSA) is 168 Å². The summed E-state index contributed by atoms with van der Waals surface area (Å²) in [6, 6.07) is 7.09. The summed E-state index contributed by atoms with van der Waals surface area (Å²) in [5.41, 5.74) is 15.5. The second-order valence-corrected chi connectivity index (χ2v) is 7.40. The standard InChI is InChI=1S/C21H30N10O/c1-2-25-30-29-18(23)14-7-9-15(10-8-14)26-20-17(19(24)32)16(13-22)27-21(28-20)31-11-5-3-4-6-12-31/h7-10,13,22,25,30H,2-6,11-12H2,1H3,(H2,23,29)(H2,24,32)(H,26,27,28). The van der Waals surface area contributed by atoms with E-state index in [0.717, 1.165) is 32.1 Å². The number of aromatic nitrogens is 2. The van der Waals surface area contributed by atoms with Gasteiger partial charge in [0.15, 0.2) is 0 Å². The molecule has 11 heteroatoms. The number of nitrogens with one attached hydrogen (secondary N) is 6. The molecule has 0 spiro atoms. The van der Waals surface area contributed by atoms with Crippen LogP contribution in [0.4, 0.5) is 17.5 Å². The molecule has 11 nitrogen and oxygen atoms in total. The maximum atomic E-state index is 12.1. The van der Waals surface area contributed by atoms with E-state index in [1.807, 2.05) is 6.92 Å². The summed E-state index contributed by atoms with van der Waals surface area (Å²) in [6.07, 6.45) is 5.46. The fourth-order valence-corrected chi connectivity index (χ4v) is 3.44. The van der Waals surface area contributed by atoms with Gasteiger partial charge in [0.25, 0.3) is 5.91 Å². The lowest BCUT2D eigenvalue weighted by Gasteiger charge is -2.22. The molecule has 0 saturated carbocycles. The third kappa shape index (κ3) is 5.77. The first-order valence-corrected chi connectivity index (χ1v) is 10.7. The van der Waals surface area contributed by atoms with E-state index in [4.69, 9.17) is 16.6 Å². The van der Waals surface area contributed by atoms with Crippen molar-refractivity contribution in [3.8, 4) is 0 Å². The minimum absolute atomic E-state index is 0.0758. The van der Waals surface area contributed by atoms with Crippen molar-refractivity contribution in [2.75, 3.05) is 29.9 Å². The normalized spacial score (nSPS) is 13.8. The second-order valence-electron chi connectivity index (χ2n) is 7.40. The van der Waals surface area contributed by atoms with Gasteiger partial charge in [0.05, 0.1) is 0 Å². The molecule has 3 rings (SSSR count). The minimum atomic E-state index is -0.703. The van der Waals surface area contributed by atoms with Crippen LogP contribution in [0.15, 0.2) is 24.3 Å². The summed E-state index contributed by atoms with van der Waals surface area (Å²) < 4.78 is 0. The lowest BCUT2D eigenvalue weighted by Crippen LogP contribution is -2.46. The maximum absolute atomic E-state index is 12.1. The van der Waals surface area contributed by atoms with Crippen molar-refractivity contribution in [1.82, 2.24) is 26.4 Å². The zero-order valence-corrected chi connectivity index (χ0v) is 18.2. The Morgan fingerprint density at radius 3 is 2.44 bits per heavy atom. The number of amides is 1. The molecule has 1 aliphatic heterocycles. The Kier molecular flexibility index (Phi) is 8.06. The number of carbonyl (C=O) groups excluding carboxylic acids is 1. The molecule has 2 heterocycles. The predicted molar refractivity (Wildman–Crippen MR) is 126 cm³/mol. The molecule has 0 bridgehead atoms. The summed E-state index contributed by atoms with van der Waals surface area (Å²) in [7, 11) is 0. The fourth-order valence-electron chi connectivity index (χ4n) is 3.44. The number of rotatable bonds is 9. The number of hydrogen-bond acceptors (Lipinski definition) is 9. The van der Waals surface area contributed by atoms with E-state index in [1.54, 1.807) is 24.3 Å². The van der Waals surface area contributed by atoms with Crippen molar-refractivity contribution in [2.45, 2.75) is 32.6 Å². The molecule has 170 valence electrons. The summed E-state index contributed by atoms with van der Waals surface area (Å²) in [5.74, 6) is 0.243. The van der Waals surface area contributed by atoms with E-state index < -0.39 is 5.91 Å². The van der Waals surface area contributed by atoms with Gasteiger partial charge in [-0.2, -0.15) is 10.5 Å². The molecule has 0 aliphatic carbocycles. The van der Waals surface area contributed by atoms with Crippen LogP contribution >= 0.6 is 0 Å². The highest BCUT2D eigenvalue weighted by molar-refractivity contribution is 6.04. The minimum Gasteiger partial charge on any atom is -0.365 e. The number of primary amides is 1. The Morgan fingerprint density at radius 1 is 1.16 bits per heavy atom. The second kappa shape index (κ2) is 11.2. The van der Waals surface area contributed by atoms with Crippen molar-refractivity contribution >= 4 is 35.4 Å². The highest BCUT2D eigenvalue weighted by atomic mass is 16.1. The van der Waals surface area contributed by atoms with E-state index in [1.165, 1.54) is 12.8 Å². The molecule has 32 heavy (non-hydrogen) atoms. The lowest BCUT2D eigenvalue weighted by molar-refractivity contribution is 0.100. The van der Waals surface area contributed by atoms with Crippen molar-refractivity contribution in [3.63, 3.8) is 0 Å². The number of hydrazine groups is 2. The molecule has 0 unspecified atom stereocenters. The average Bonchev–Trinajstić information content (AvgIpc) is 3.08. The zero-order chi connectivity index (χ0) is 22.9. The number of carbonyl (C=O) groups is 1. The van der Waals surface area contributed by atoms with Crippen LogP contribution in [0.1, 0.15) is 54.2 Å². The van der Waals surface area contributed by atoms with Crippen LogP contribution in [-0.2, 0) is 0 Å². The van der Waals surface area contributed by atoms with Crippen LogP contribution in [0.25, 0.3) is 0 Å². The van der Waals surface area contributed by atoms with Crippen LogP contribution in [-0.4, -0.2) is 47.6 Å². The Morgan fingerprint density at radius 2 is 1.84 bits per heavy atom. The summed E-state index contributed by atoms with van der Waals surface area (Å²) in [6.45, 7) is 4.31. The van der Waals surface area contributed by atoms with Crippen LogP contribution in [0.5, 0.6) is 0 Å². The first-order valence-electron chi connectivity index (χ1n) is 10.7. The van der Waals surface area contributed by atoms with Gasteiger partial charge in [0, 0.05) is 37.1 Å². The van der Waals surface area contributed by atoms with Crippen molar-refractivity contribution in [3.05, 3.63) is 41.1 Å². The van der Waals surface area contributed by atoms with Gasteiger partial charge in [-0.25, -0.2) is 10.4 Å². The third-order valence-electron chi connectivity index (χ3n) is 5.09. The Labute approximate surface area is 187 Å². The van der Waals surface area contributed by atoms with Gasteiger partial charge in [-0.15, -0.1) is 0 Å². The molecular weight excluding hydrogens is 408 g/mol. The van der Waals surface area contributed by atoms with Crippen LogP contribution in [0.3, 0.4) is 0 Å². The first kappa shape index (κ1) is 23.1. The number of nitrogens with zero attached hydrogens (tertiary/aromatic N) is 3. The van der Waals surface area contributed by atoms with Gasteiger partial charge in [-0.3, -0.25) is 15.6 Å². The van der Waals surface area contributed by atoms with Gasteiger partial charge in [0.1, 0.15) is 22.9 Å². The van der Waals surface area contributed by atoms with Gasteiger partial charge >= 0.3 is 0 Å². The summed E-state index contributed by atoms with van der Waals surface area (Å²) in [4.78, 5) is 23.3. The van der Waals surface area contributed by atoms with E-state index in [0.29, 0.717) is 23.7 Å². The van der Waals surface area contributed by atoms with Crippen molar-refractivity contribution in [1.29, 1.82) is 10.8 Å². The van der Waals surface area contributed by atoms with E-state index in [9.17, 15) is 4.79 Å². The van der Waals surface area contributed by atoms with Crippen LogP contribution in [0, 0.1) is 10.8 Å². The molecule has 0 atom stereocenters. The van der Waals surface area contributed by atoms with Gasteiger partial charge in [0.2, 0.25) is 5.95 Å². The molecule has 1 aliphatic rings. The predicted octanol–water partition coefficient (Wildman–Crippen LogP) is 1.64. The number of anilines is 3. The van der Waals surface area contributed by atoms with Crippen molar-refractivity contribution < 1.29 is 4.79 Å². The van der Waals surface area contributed by atoms with Gasteiger partial charge in [-0.05, 0) is 37.1 Å². The van der Waals surface area contributed by atoms with Crippen LogP contribution < -0.4 is 32.3 Å². The zero-order valence-electron chi connectivity index (χ0n) is 18.2. The molecule has 2 aromatic rings. The first-order chi connectivity index (χ1) is 15.5.